The zero-order chi connectivity index (χ0) is 15.6. The van der Waals surface area contributed by atoms with Crippen LogP contribution in [-0.2, 0) is 19.6 Å². The predicted octanol–water partition coefficient (Wildman–Crippen LogP) is 3.10. The van der Waals surface area contributed by atoms with Crippen molar-refractivity contribution >= 4 is 15.9 Å². The van der Waals surface area contributed by atoms with Crippen LogP contribution in [0.1, 0.15) is 22.9 Å². The Bertz CT molecular complexity index is 624. The minimum Gasteiger partial charge on any atom is -0.313 e. The van der Waals surface area contributed by atoms with Gasteiger partial charge >= 0.3 is 6.18 Å². The molecule has 0 aliphatic carbocycles. The quantitative estimate of drug-likeness (QED) is 0.908. The first kappa shape index (κ1) is 16.0. The standard InChI is InChI=1S/C13H14BrF3N4/c1-18-12(6-9-7-21(2)20-19-9)10-5-8(13(15,16)17)3-4-11(10)14/h3-5,7,12,18H,6H2,1-2H3. The Kier molecular flexibility index (Phi) is 4.67. The highest BCUT2D eigenvalue weighted by Crippen LogP contribution is 2.34. The molecule has 1 N–H and O–H groups in total. The molecule has 21 heavy (non-hydrogen) atoms. The normalized spacial score (nSPS) is 13.4. The van der Waals surface area contributed by atoms with E-state index in [9.17, 15) is 13.2 Å². The Morgan fingerprint density at radius 1 is 1.38 bits per heavy atom. The number of rotatable bonds is 4. The van der Waals surface area contributed by atoms with Crippen LogP contribution in [0.4, 0.5) is 13.2 Å². The molecule has 1 aromatic heterocycles. The van der Waals surface area contributed by atoms with E-state index >= 15 is 0 Å². The molecule has 0 fully saturated rings. The summed E-state index contributed by atoms with van der Waals surface area (Å²) < 4.78 is 40.7. The molecule has 2 rings (SSSR count). The summed E-state index contributed by atoms with van der Waals surface area (Å²) in [6.45, 7) is 0. The third-order valence-corrected chi connectivity index (χ3v) is 3.83. The molecule has 2 aromatic rings. The van der Waals surface area contributed by atoms with Gasteiger partial charge < -0.3 is 5.32 Å². The maximum atomic E-state index is 12.8. The van der Waals surface area contributed by atoms with Crippen LogP contribution in [0.2, 0.25) is 0 Å². The number of aryl methyl sites for hydroxylation is 1. The molecule has 0 aliphatic heterocycles. The van der Waals surface area contributed by atoms with Crippen molar-refractivity contribution in [3.05, 3.63) is 45.7 Å². The maximum Gasteiger partial charge on any atom is 0.416 e. The lowest BCUT2D eigenvalue weighted by Crippen LogP contribution is -2.20. The second-order valence-corrected chi connectivity index (χ2v) is 5.52. The number of benzene rings is 1. The molecular weight excluding hydrogens is 349 g/mol. The monoisotopic (exact) mass is 362 g/mol. The van der Waals surface area contributed by atoms with E-state index in [4.69, 9.17) is 0 Å². The highest BCUT2D eigenvalue weighted by Gasteiger charge is 2.31. The van der Waals surface area contributed by atoms with Crippen molar-refractivity contribution in [3.8, 4) is 0 Å². The van der Waals surface area contributed by atoms with E-state index < -0.39 is 11.7 Å². The van der Waals surface area contributed by atoms with Crippen LogP contribution in [0.15, 0.2) is 28.9 Å². The van der Waals surface area contributed by atoms with Crippen LogP contribution in [-0.4, -0.2) is 22.0 Å². The zero-order valence-electron chi connectivity index (χ0n) is 11.4. The van der Waals surface area contributed by atoms with E-state index in [-0.39, 0.29) is 6.04 Å². The maximum absolute atomic E-state index is 12.8. The van der Waals surface area contributed by atoms with Crippen LogP contribution in [0, 0.1) is 0 Å². The van der Waals surface area contributed by atoms with E-state index in [2.05, 4.69) is 31.6 Å². The number of hydrogen-bond acceptors (Lipinski definition) is 3. The topological polar surface area (TPSA) is 42.7 Å². The number of nitrogens with one attached hydrogen (secondary N) is 1. The summed E-state index contributed by atoms with van der Waals surface area (Å²) in [5.41, 5.74) is 0.583. The molecule has 0 spiro atoms. The fourth-order valence-corrected chi connectivity index (χ4v) is 2.58. The number of alkyl halides is 3. The molecule has 1 atom stereocenters. The first-order valence-electron chi connectivity index (χ1n) is 6.20. The Balaban J connectivity index is 2.33. The summed E-state index contributed by atoms with van der Waals surface area (Å²) in [4.78, 5) is 0. The molecular formula is C13H14BrF3N4. The molecule has 0 aliphatic rings. The van der Waals surface area contributed by atoms with Crippen molar-refractivity contribution in [2.24, 2.45) is 7.05 Å². The number of likely N-dealkylation sites (N-methyl/N-ethyl adjacent to an activating group) is 1. The van der Waals surface area contributed by atoms with Crippen LogP contribution in [0.25, 0.3) is 0 Å². The number of aromatic nitrogens is 3. The van der Waals surface area contributed by atoms with Crippen LogP contribution >= 0.6 is 15.9 Å². The van der Waals surface area contributed by atoms with Crippen molar-refractivity contribution < 1.29 is 13.2 Å². The number of halogens is 4. The molecule has 1 aromatic carbocycles. The van der Waals surface area contributed by atoms with Crippen molar-refractivity contribution in [1.29, 1.82) is 0 Å². The van der Waals surface area contributed by atoms with Gasteiger partial charge in [-0.05, 0) is 30.8 Å². The lowest BCUT2D eigenvalue weighted by molar-refractivity contribution is -0.137. The van der Waals surface area contributed by atoms with Crippen molar-refractivity contribution in [2.75, 3.05) is 7.05 Å². The van der Waals surface area contributed by atoms with Gasteiger partial charge in [0.2, 0.25) is 0 Å². The third-order valence-electron chi connectivity index (χ3n) is 3.11. The summed E-state index contributed by atoms with van der Waals surface area (Å²) in [7, 11) is 3.44. The van der Waals surface area contributed by atoms with Gasteiger partial charge in [-0.1, -0.05) is 21.1 Å². The molecule has 0 saturated carbocycles. The Hall–Kier alpha value is -1.41. The third kappa shape index (κ3) is 3.82. The van der Waals surface area contributed by atoms with Gasteiger partial charge in [-0.15, -0.1) is 5.10 Å². The number of nitrogens with zero attached hydrogens (tertiary/aromatic N) is 3. The molecule has 1 unspecified atom stereocenters. The summed E-state index contributed by atoms with van der Waals surface area (Å²) in [5, 5.41) is 10.8. The van der Waals surface area contributed by atoms with E-state index in [0.717, 1.165) is 12.1 Å². The Morgan fingerprint density at radius 3 is 2.62 bits per heavy atom. The van der Waals surface area contributed by atoms with Crippen LogP contribution in [0.3, 0.4) is 0 Å². The minimum atomic E-state index is -4.36. The van der Waals surface area contributed by atoms with Crippen LogP contribution < -0.4 is 5.32 Å². The average molecular weight is 363 g/mol. The molecule has 114 valence electrons. The van der Waals surface area contributed by atoms with Gasteiger partial charge in [-0.2, -0.15) is 13.2 Å². The Labute approximate surface area is 128 Å². The summed E-state index contributed by atoms with van der Waals surface area (Å²) in [6, 6.07) is 3.34. The van der Waals surface area contributed by atoms with Gasteiger partial charge in [0.15, 0.2) is 0 Å². The summed E-state index contributed by atoms with van der Waals surface area (Å²) >= 11 is 3.31. The molecule has 4 nitrogen and oxygen atoms in total. The summed E-state index contributed by atoms with van der Waals surface area (Å²) in [5.74, 6) is 0. The van der Waals surface area contributed by atoms with Crippen molar-refractivity contribution in [3.63, 3.8) is 0 Å². The van der Waals surface area contributed by atoms with E-state index in [1.807, 2.05) is 0 Å². The second kappa shape index (κ2) is 6.15. The molecule has 8 heteroatoms. The van der Waals surface area contributed by atoms with Gasteiger partial charge in [0, 0.05) is 30.2 Å². The van der Waals surface area contributed by atoms with Crippen LogP contribution in [0.5, 0.6) is 0 Å². The fourth-order valence-electron chi connectivity index (χ4n) is 2.05. The lowest BCUT2D eigenvalue weighted by atomic mass is 10.00. The van der Waals surface area contributed by atoms with Crippen molar-refractivity contribution in [2.45, 2.75) is 18.6 Å². The van der Waals surface area contributed by atoms with Gasteiger partial charge in [-0.25, -0.2) is 0 Å². The molecule has 0 amide bonds. The minimum absolute atomic E-state index is 0.293. The van der Waals surface area contributed by atoms with Gasteiger partial charge in [0.1, 0.15) is 0 Å². The van der Waals surface area contributed by atoms with Gasteiger partial charge in [-0.3, -0.25) is 4.68 Å². The SMILES string of the molecule is CNC(Cc1cn(C)nn1)c1cc(C(F)(F)F)ccc1Br. The molecule has 0 bridgehead atoms. The molecule has 0 saturated heterocycles. The van der Waals surface area contributed by atoms with Gasteiger partial charge in [0.05, 0.1) is 11.3 Å². The van der Waals surface area contributed by atoms with E-state index in [1.165, 1.54) is 6.07 Å². The lowest BCUT2D eigenvalue weighted by Gasteiger charge is -2.19. The van der Waals surface area contributed by atoms with Crippen molar-refractivity contribution in [1.82, 2.24) is 20.3 Å². The number of hydrogen-bond donors (Lipinski definition) is 1. The highest BCUT2D eigenvalue weighted by atomic mass is 79.9. The predicted molar refractivity (Wildman–Crippen MR) is 75.7 cm³/mol. The van der Waals surface area contributed by atoms with E-state index in [1.54, 1.807) is 25.0 Å². The second-order valence-electron chi connectivity index (χ2n) is 4.66. The Morgan fingerprint density at radius 2 is 2.10 bits per heavy atom. The fraction of sp³-hybridized carbons (Fsp3) is 0.385. The largest absolute Gasteiger partial charge is 0.416 e. The zero-order valence-corrected chi connectivity index (χ0v) is 13.0. The first-order chi connectivity index (χ1) is 9.81. The summed E-state index contributed by atoms with van der Waals surface area (Å²) in [6.07, 6.45) is -2.17. The van der Waals surface area contributed by atoms with E-state index in [0.29, 0.717) is 22.2 Å². The average Bonchev–Trinajstić information content (AvgIpc) is 2.81. The molecule has 1 heterocycles. The smallest absolute Gasteiger partial charge is 0.313 e. The highest BCUT2D eigenvalue weighted by molar-refractivity contribution is 9.10. The molecule has 0 radical (unpaired) electrons. The first-order valence-corrected chi connectivity index (χ1v) is 6.99. The van der Waals surface area contributed by atoms with Gasteiger partial charge in [0.25, 0.3) is 0 Å².